The average molecular weight is 409 g/mol. The third kappa shape index (κ3) is 3.07. The van der Waals surface area contributed by atoms with Gasteiger partial charge in [-0.25, -0.2) is 14.8 Å². The van der Waals surface area contributed by atoms with Crippen LogP contribution >= 0.6 is 15.9 Å². The fourth-order valence-corrected chi connectivity index (χ4v) is 3.36. The lowest BCUT2D eigenvalue weighted by Crippen LogP contribution is -2.54. The lowest BCUT2D eigenvalue weighted by Gasteiger charge is -2.38. The highest BCUT2D eigenvalue weighted by Crippen LogP contribution is 2.44. The van der Waals surface area contributed by atoms with E-state index in [-0.39, 0.29) is 11.6 Å². The van der Waals surface area contributed by atoms with Crippen LogP contribution < -0.4 is 5.73 Å². The summed E-state index contributed by atoms with van der Waals surface area (Å²) in [6, 6.07) is 0. The van der Waals surface area contributed by atoms with Gasteiger partial charge >= 0.3 is 6.09 Å². The average Bonchev–Trinajstić information content (AvgIpc) is 3.19. The summed E-state index contributed by atoms with van der Waals surface area (Å²) in [5.74, 6) is 0.328. The Labute approximate surface area is 151 Å². The molecule has 1 amide bonds. The quantitative estimate of drug-likeness (QED) is 0.790. The molecule has 9 nitrogen and oxygen atoms in total. The summed E-state index contributed by atoms with van der Waals surface area (Å²) in [6.45, 7) is 1.29. The number of amides is 1. The number of halogens is 1. The second kappa shape index (κ2) is 5.95. The number of hydrogen-bond acceptors (Lipinski definition) is 6. The van der Waals surface area contributed by atoms with Crippen molar-refractivity contribution >= 4 is 27.8 Å². The van der Waals surface area contributed by atoms with Crippen LogP contribution in [0.4, 0.5) is 10.6 Å². The normalized spacial score (nSPS) is 21.5. The minimum absolute atomic E-state index is 0.223. The van der Waals surface area contributed by atoms with Crippen molar-refractivity contribution in [1.82, 2.24) is 24.6 Å². The van der Waals surface area contributed by atoms with Crippen molar-refractivity contribution in [1.29, 1.82) is 0 Å². The van der Waals surface area contributed by atoms with Crippen molar-refractivity contribution < 1.29 is 14.6 Å². The van der Waals surface area contributed by atoms with Crippen LogP contribution in [0.15, 0.2) is 23.2 Å². The van der Waals surface area contributed by atoms with Gasteiger partial charge in [-0.15, -0.1) is 0 Å². The fraction of sp³-hybridized carbons (Fsp3) is 0.467. The molecule has 1 aliphatic heterocycles. The lowest BCUT2D eigenvalue weighted by atomic mass is 10.1. The highest BCUT2D eigenvalue weighted by molar-refractivity contribution is 9.10. The van der Waals surface area contributed by atoms with E-state index >= 15 is 0 Å². The Bertz CT molecular complexity index is 821. The van der Waals surface area contributed by atoms with E-state index in [2.05, 4.69) is 31.0 Å². The van der Waals surface area contributed by atoms with Crippen molar-refractivity contribution in [3.8, 4) is 11.3 Å². The summed E-state index contributed by atoms with van der Waals surface area (Å²) in [4.78, 5) is 21.4. The van der Waals surface area contributed by atoms with Gasteiger partial charge in [-0.2, -0.15) is 5.10 Å². The van der Waals surface area contributed by atoms with Gasteiger partial charge in [0.2, 0.25) is 0 Å². The van der Waals surface area contributed by atoms with Crippen LogP contribution in [0.2, 0.25) is 0 Å². The molecule has 1 spiro atoms. The van der Waals surface area contributed by atoms with Crippen LogP contribution in [0.3, 0.4) is 0 Å². The minimum atomic E-state index is -0.881. The van der Waals surface area contributed by atoms with E-state index in [0.29, 0.717) is 35.8 Å². The largest absolute Gasteiger partial charge is 0.465 e. The summed E-state index contributed by atoms with van der Waals surface area (Å²) in [5.41, 5.74) is 6.82. The van der Waals surface area contributed by atoms with Gasteiger partial charge in [-0.3, -0.25) is 9.58 Å². The van der Waals surface area contributed by atoms with Gasteiger partial charge in [-0.05, 0) is 28.8 Å². The number of carboxylic acid groups (broad SMARTS) is 1. The van der Waals surface area contributed by atoms with Crippen molar-refractivity contribution in [3.63, 3.8) is 0 Å². The Balaban J connectivity index is 1.46. The second-order valence-electron chi connectivity index (χ2n) is 6.43. The van der Waals surface area contributed by atoms with Gasteiger partial charge in [0, 0.05) is 11.8 Å². The molecule has 2 aliphatic rings. The molecule has 3 heterocycles. The molecule has 2 aromatic heterocycles. The molecule has 3 N–H and O–H groups in total. The molecule has 4 rings (SSSR count). The van der Waals surface area contributed by atoms with Gasteiger partial charge in [0.15, 0.2) is 5.82 Å². The molecule has 2 aromatic rings. The summed E-state index contributed by atoms with van der Waals surface area (Å²) in [6.07, 6.45) is 5.76. The molecule has 1 saturated heterocycles. The van der Waals surface area contributed by atoms with E-state index in [1.807, 2.05) is 6.20 Å². The van der Waals surface area contributed by atoms with E-state index in [1.165, 1.54) is 4.90 Å². The van der Waals surface area contributed by atoms with Crippen LogP contribution in [0.5, 0.6) is 0 Å². The number of ether oxygens (including phenoxy) is 1. The topological polar surface area (TPSA) is 119 Å². The zero-order chi connectivity index (χ0) is 17.6. The number of nitrogens with zero attached hydrogens (tertiary/aromatic N) is 5. The molecule has 0 aromatic carbocycles. The number of carbonyl (C=O) groups is 1. The molecule has 1 atom stereocenters. The highest BCUT2D eigenvalue weighted by Gasteiger charge is 2.54. The molecule has 132 valence electrons. The fourth-order valence-electron chi connectivity index (χ4n) is 3.07. The molecular weight excluding hydrogens is 392 g/mol. The number of aromatic nitrogens is 4. The van der Waals surface area contributed by atoms with Crippen LogP contribution in [-0.4, -0.2) is 60.6 Å². The molecule has 10 heteroatoms. The third-order valence-electron chi connectivity index (χ3n) is 4.68. The predicted molar refractivity (Wildman–Crippen MR) is 91.8 cm³/mol. The van der Waals surface area contributed by atoms with Gasteiger partial charge in [0.05, 0.1) is 49.4 Å². The van der Waals surface area contributed by atoms with Gasteiger partial charge in [0.1, 0.15) is 4.60 Å². The lowest BCUT2D eigenvalue weighted by molar-refractivity contribution is -0.0704. The van der Waals surface area contributed by atoms with Crippen LogP contribution in [0, 0.1) is 0 Å². The minimum Gasteiger partial charge on any atom is -0.465 e. The van der Waals surface area contributed by atoms with Crippen molar-refractivity contribution in [2.45, 2.75) is 31.0 Å². The number of hydrogen-bond donors (Lipinski definition) is 2. The smallest absolute Gasteiger partial charge is 0.407 e. The zero-order valence-electron chi connectivity index (χ0n) is 13.3. The first-order valence-corrected chi connectivity index (χ1v) is 8.69. The van der Waals surface area contributed by atoms with Gasteiger partial charge in [0.25, 0.3) is 0 Å². The number of anilines is 1. The van der Waals surface area contributed by atoms with Crippen LogP contribution in [0.1, 0.15) is 12.8 Å². The van der Waals surface area contributed by atoms with Crippen molar-refractivity contribution in [2.75, 3.05) is 18.9 Å². The summed E-state index contributed by atoms with van der Waals surface area (Å²) in [7, 11) is 0. The highest BCUT2D eigenvalue weighted by atomic mass is 79.9. The molecule has 1 aliphatic carbocycles. The molecular formula is C15H17BrN6O3. The molecule has 0 bridgehead atoms. The monoisotopic (exact) mass is 408 g/mol. The van der Waals surface area contributed by atoms with Gasteiger partial charge in [-0.1, -0.05) is 0 Å². The molecule has 25 heavy (non-hydrogen) atoms. The van der Waals surface area contributed by atoms with E-state index in [0.717, 1.165) is 18.4 Å². The SMILES string of the molecule is Nc1ncc(-c2cnn(C[C@H]3CN(C(=O)O)C4(CC4)CO3)c2)nc1Br. The standard InChI is InChI=1S/C15H17BrN6O3/c16-12-13(17)18-4-11(20-12)9-3-19-21(5-9)6-10-7-22(14(23)24)15(1-2-15)8-25-10/h3-5,10H,1-2,6-8H2,(H2,17,18)(H,23,24)/t10-/m0/s1. The molecule has 0 radical (unpaired) electrons. The molecule has 1 saturated carbocycles. The van der Waals surface area contributed by atoms with Gasteiger partial charge < -0.3 is 15.6 Å². The first-order chi connectivity index (χ1) is 12.0. The predicted octanol–water partition coefficient (Wildman–Crippen LogP) is 1.60. The molecule has 0 unspecified atom stereocenters. The first-order valence-electron chi connectivity index (χ1n) is 7.90. The Kier molecular flexibility index (Phi) is 3.88. The maximum Gasteiger partial charge on any atom is 0.407 e. The van der Waals surface area contributed by atoms with Crippen LogP contribution in [-0.2, 0) is 11.3 Å². The van der Waals surface area contributed by atoms with E-state index in [1.54, 1.807) is 17.1 Å². The Morgan fingerprint density at radius 3 is 2.96 bits per heavy atom. The van der Waals surface area contributed by atoms with E-state index in [9.17, 15) is 9.90 Å². The van der Waals surface area contributed by atoms with E-state index < -0.39 is 6.09 Å². The van der Waals surface area contributed by atoms with Crippen molar-refractivity contribution in [2.24, 2.45) is 0 Å². The maximum absolute atomic E-state index is 11.5. The Morgan fingerprint density at radius 1 is 1.48 bits per heavy atom. The maximum atomic E-state index is 11.5. The Morgan fingerprint density at radius 2 is 2.28 bits per heavy atom. The van der Waals surface area contributed by atoms with Crippen LogP contribution in [0.25, 0.3) is 11.3 Å². The zero-order valence-corrected chi connectivity index (χ0v) is 14.9. The summed E-state index contributed by atoms with van der Waals surface area (Å²) >= 11 is 3.26. The summed E-state index contributed by atoms with van der Waals surface area (Å²) < 4.78 is 8.09. The molecule has 2 fully saturated rings. The first kappa shape index (κ1) is 16.3. The number of nitrogen functional groups attached to an aromatic ring is 1. The van der Waals surface area contributed by atoms with Crippen molar-refractivity contribution in [3.05, 3.63) is 23.2 Å². The Hall–Kier alpha value is -2.20. The third-order valence-corrected chi connectivity index (χ3v) is 5.26. The second-order valence-corrected chi connectivity index (χ2v) is 7.18. The number of morpholine rings is 1. The number of nitrogens with two attached hydrogens (primary N) is 1. The summed E-state index contributed by atoms with van der Waals surface area (Å²) in [5, 5.41) is 13.7. The number of rotatable bonds is 3. The van der Waals surface area contributed by atoms with E-state index in [4.69, 9.17) is 10.5 Å².